The number of aliphatic hydroxyl groups is 1. The second-order valence-corrected chi connectivity index (χ2v) is 9.47. The molecule has 0 radical (unpaired) electrons. The van der Waals surface area contributed by atoms with Gasteiger partial charge in [-0.15, -0.1) is 0 Å². The molecule has 0 aliphatic carbocycles. The fourth-order valence-corrected chi connectivity index (χ4v) is 3.84. The normalized spacial score (nSPS) is 15.7. The topological polar surface area (TPSA) is 102 Å². The highest BCUT2D eigenvalue weighted by atomic mass is 35.5. The Morgan fingerprint density at radius 3 is 2.35 bits per heavy atom. The van der Waals surface area contributed by atoms with E-state index in [1.54, 1.807) is 7.11 Å². The lowest BCUT2D eigenvalue weighted by Gasteiger charge is -2.29. The van der Waals surface area contributed by atoms with Gasteiger partial charge < -0.3 is 25.4 Å². The number of aliphatic carboxylic acids is 1. The van der Waals surface area contributed by atoms with Crippen molar-refractivity contribution in [2.75, 3.05) is 20.3 Å². The van der Waals surface area contributed by atoms with Gasteiger partial charge >= 0.3 is 5.97 Å². The Morgan fingerprint density at radius 2 is 1.81 bits per heavy atom. The van der Waals surface area contributed by atoms with E-state index in [4.69, 9.17) is 26.8 Å². The van der Waals surface area contributed by atoms with Gasteiger partial charge in [-0.2, -0.15) is 0 Å². The Balaban J connectivity index is 2.78. The first-order valence-corrected chi connectivity index (χ1v) is 11.5. The molecule has 0 aliphatic heterocycles. The molecule has 31 heavy (non-hydrogen) atoms. The highest BCUT2D eigenvalue weighted by Crippen LogP contribution is 2.30. The molecule has 1 rings (SSSR count). The lowest BCUT2D eigenvalue weighted by molar-refractivity contribution is -0.144. The second kappa shape index (κ2) is 13.9. The molecule has 0 bridgehead atoms. The smallest absolute Gasteiger partial charge is 0.306 e. The minimum absolute atomic E-state index is 0.0587. The highest BCUT2D eigenvalue weighted by molar-refractivity contribution is 6.32. The molecular formula is C24H40ClNO5. The van der Waals surface area contributed by atoms with Crippen molar-refractivity contribution in [1.82, 2.24) is 0 Å². The van der Waals surface area contributed by atoms with E-state index in [1.165, 1.54) is 0 Å². The number of benzene rings is 1. The van der Waals surface area contributed by atoms with Crippen LogP contribution >= 0.6 is 11.6 Å². The number of rotatable bonds is 15. The van der Waals surface area contributed by atoms with Gasteiger partial charge in [0.05, 0.1) is 23.7 Å². The second-order valence-electron chi connectivity index (χ2n) is 9.06. The Kier molecular flexibility index (Phi) is 12.5. The molecule has 0 aliphatic rings. The average Bonchev–Trinajstić information content (AvgIpc) is 2.69. The fraction of sp³-hybridized carbons (Fsp3) is 0.708. The molecule has 1 aromatic carbocycles. The van der Waals surface area contributed by atoms with Gasteiger partial charge in [-0.05, 0) is 54.7 Å². The van der Waals surface area contributed by atoms with Crippen LogP contribution in [0.1, 0.15) is 52.5 Å². The van der Waals surface area contributed by atoms with E-state index in [0.717, 1.165) is 18.4 Å². The summed E-state index contributed by atoms with van der Waals surface area (Å²) in [5, 5.41) is 20.5. The molecule has 0 spiro atoms. The minimum atomic E-state index is -0.888. The number of hydrogen-bond acceptors (Lipinski definition) is 5. The van der Waals surface area contributed by atoms with Crippen LogP contribution in [0.2, 0.25) is 5.02 Å². The fourth-order valence-electron chi connectivity index (χ4n) is 3.66. The number of aliphatic hydroxyl groups excluding tert-OH is 1. The molecule has 4 atom stereocenters. The van der Waals surface area contributed by atoms with Gasteiger partial charge in [-0.25, -0.2) is 0 Å². The molecule has 0 saturated carbocycles. The van der Waals surface area contributed by atoms with Crippen molar-refractivity contribution in [3.8, 4) is 5.75 Å². The number of hydrogen-bond donors (Lipinski definition) is 3. The van der Waals surface area contributed by atoms with Crippen LogP contribution in [0.5, 0.6) is 5.75 Å². The first-order valence-electron chi connectivity index (χ1n) is 11.1. The first-order chi connectivity index (χ1) is 14.6. The summed E-state index contributed by atoms with van der Waals surface area (Å²) in [7, 11) is 1.66. The molecule has 0 aromatic heterocycles. The lowest BCUT2D eigenvalue weighted by Crippen LogP contribution is -2.40. The third-order valence-corrected chi connectivity index (χ3v) is 6.19. The van der Waals surface area contributed by atoms with Gasteiger partial charge in [-0.3, -0.25) is 4.79 Å². The third kappa shape index (κ3) is 9.77. The van der Waals surface area contributed by atoms with Crippen molar-refractivity contribution in [3.63, 3.8) is 0 Å². The quantitative estimate of drug-likeness (QED) is 0.337. The summed E-state index contributed by atoms with van der Waals surface area (Å²) in [5.74, 6) is -0.316. The summed E-state index contributed by atoms with van der Waals surface area (Å²) in [6, 6.07) is 5.31. The molecule has 4 unspecified atom stereocenters. The molecule has 0 saturated heterocycles. The van der Waals surface area contributed by atoms with Crippen molar-refractivity contribution in [2.45, 2.75) is 65.5 Å². The average molecular weight is 458 g/mol. The van der Waals surface area contributed by atoms with E-state index >= 15 is 0 Å². The van der Waals surface area contributed by atoms with E-state index in [-0.39, 0.29) is 18.3 Å². The molecule has 0 heterocycles. The predicted molar refractivity (Wildman–Crippen MR) is 125 cm³/mol. The minimum Gasteiger partial charge on any atom is -0.492 e. The summed E-state index contributed by atoms with van der Waals surface area (Å²) in [4.78, 5) is 11.5. The number of ether oxygens (including phenoxy) is 2. The van der Waals surface area contributed by atoms with Crippen LogP contribution in [0.3, 0.4) is 0 Å². The first kappa shape index (κ1) is 27.7. The molecule has 0 fully saturated rings. The summed E-state index contributed by atoms with van der Waals surface area (Å²) in [6.45, 7) is 9.13. The Morgan fingerprint density at radius 1 is 1.13 bits per heavy atom. The molecule has 1 aromatic rings. The molecule has 6 nitrogen and oxygen atoms in total. The van der Waals surface area contributed by atoms with Crippen LogP contribution in [0.25, 0.3) is 0 Å². The number of methoxy groups -OCH3 is 1. The summed E-state index contributed by atoms with van der Waals surface area (Å²) in [6.07, 6.45) is 1.48. The van der Waals surface area contributed by atoms with Crippen LogP contribution < -0.4 is 10.5 Å². The number of carboxylic acids is 1. The van der Waals surface area contributed by atoms with E-state index < -0.39 is 24.0 Å². The number of carbonyl (C=O) groups is 1. The van der Waals surface area contributed by atoms with Gasteiger partial charge in [0.25, 0.3) is 0 Å². The highest BCUT2D eigenvalue weighted by Gasteiger charge is 2.29. The summed E-state index contributed by atoms with van der Waals surface area (Å²) >= 11 is 6.28. The van der Waals surface area contributed by atoms with Gasteiger partial charge in [0.2, 0.25) is 0 Å². The Labute approximate surface area is 192 Å². The van der Waals surface area contributed by atoms with E-state index in [2.05, 4.69) is 13.8 Å². The Hall–Kier alpha value is -1.34. The van der Waals surface area contributed by atoms with Gasteiger partial charge in [0, 0.05) is 26.2 Å². The maximum atomic E-state index is 11.5. The molecular weight excluding hydrogens is 418 g/mol. The van der Waals surface area contributed by atoms with E-state index in [1.807, 2.05) is 32.0 Å². The summed E-state index contributed by atoms with van der Waals surface area (Å²) < 4.78 is 10.8. The van der Waals surface area contributed by atoms with Crippen LogP contribution in [-0.2, 0) is 16.0 Å². The van der Waals surface area contributed by atoms with Crippen LogP contribution in [-0.4, -0.2) is 48.7 Å². The third-order valence-electron chi connectivity index (χ3n) is 5.87. The standard InChI is InChI=1S/C24H40ClNO5/c1-15(2)18(13-21(26)22(27)14-19(16(3)4)24(28)29)11-17-7-8-20(25)23(12-17)31-10-6-9-30-5/h7-8,12,15-16,18-19,21-22,27H,6,9-11,13-14,26H2,1-5H3,(H,28,29). The Bertz CT molecular complexity index is 667. The van der Waals surface area contributed by atoms with Crippen molar-refractivity contribution in [3.05, 3.63) is 28.8 Å². The zero-order valence-corrected chi connectivity index (χ0v) is 20.3. The number of halogens is 1. The largest absolute Gasteiger partial charge is 0.492 e. The zero-order valence-electron chi connectivity index (χ0n) is 19.5. The number of carboxylic acid groups (broad SMARTS) is 1. The monoisotopic (exact) mass is 457 g/mol. The van der Waals surface area contributed by atoms with Crippen molar-refractivity contribution < 1.29 is 24.5 Å². The zero-order chi connectivity index (χ0) is 23.6. The lowest BCUT2D eigenvalue weighted by atomic mass is 9.81. The van der Waals surface area contributed by atoms with E-state index in [0.29, 0.717) is 36.3 Å². The predicted octanol–water partition coefficient (Wildman–Crippen LogP) is 4.40. The van der Waals surface area contributed by atoms with Crippen molar-refractivity contribution >= 4 is 17.6 Å². The van der Waals surface area contributed by atoms with Crippen LogP contribution in [0.4, 0.5) is 0 Å². The SMILES string of the molecule is COCCCOc1cc(CC(CC(N)C(O)CC(C(=O)O)C(C)C)C(C)C)ccc1Cl. The molecule has 0 amide bonds. The number of nitrogens with two attached hydrogens (primary N) is 1. The maximum absolute atomic E-state index is 11.5. The molecule has 4 N–H and O–H groups in total. The van der Waals surface area contributed by atoms with Gasteiger partial charge in [0.1, 0.15) is 5.75 Å². The van der Waals surface area contributed by atoms with Crippen LogP contribution in [0, 0.1) is 23.7 Å². The van der Waals surface area contributed by atoms with Crippen LogP contribution in [0.15, 0.2) is 18.2 Å². The molecule has 178 valence electrons. The van der Waals surface area contributed by atoms with E-state index in [9.17, 15) is 15.0 Å². The van der Waals surface area contributed by atoms with Gasteiger partial charge in [0.15, 0.2) is 0 Å². The summed E-state index contributed by atoms with van der Waals surface area (Å²) in [5.41, 5.74) is 7.40. The maximum Gasteiger partial charge on any atom is 0.306 e. The van der Waals surface area contributed by atoms with Crippen molar-refractivity contribution in [2.24, 2.45) is 29.4 Å². The molecule has 7 heteroatoms. The van der Waals surface area contributed by atoms with Gasteiger partial charge in [-0.1, -0.05) is 45.4 Å². The van der Waals surface area contributed by atoms with Crippen molar-refractivity contribution in [1.29, 1.82) is 0 Å².